The van der Waals surface area contributed by atoms with Crippen molar-refractivity contribution in [2.24, 2.45) is 0 Å². The lowest BCUT2D eigenvalue weighted by Crippen LogP contribution is -2.28. The van der Waals surface area contributed by atoms with Crippen molar-refractivity contribution in [3.05, 3.63) is 277 Å². The van der Waals surface area contributed by atoms with E-state index in [1.165, 1.54) is 61.2 Å². The molecule has 11 aromatic rings. The molecule has 0 amide bonds. The van der Waals surface area contributed by atoms with Gasteiger partial charge < -0.3 is 0 Å². The molecule has 1 aromatic heterocycles. The number of hydrogen-bond donors (Lipinski definition) is 0. The van der Waals surface area contributed by atoms with Gasteiger partial charge in [0.05, 0.1) is 16.6 Å². The van der Waals surface area contributed by atoms with Gasteiger partial charge in [-0.25, -0.2) is 9.97 Å². The number of hydrogen-bond acceptors (Lipinski definition) is 2. The summed E-state index contributed by atoms with van der Waals surface area (Å²) in [4.78, 5) is 10.2. The summed E-state index contributed by atoms with van der Waals surface area (Å²) in [6, 6.07) is 92.1. The van der Waals surface area contributed by atoms with Gasteiger partial charge in [-0.3, -0.25) is 0 Å². The van der Waals surface area contributed by atoms with E-state index in [-0.39, 0.29) is 0 Å². The molecule has 1 heterocycles. The predicted molar refractivity (Wildman–Crippen MR) is 269 cm³/mol. The van der Waals surface area contributed by atoms with Gasteiger partial charge >= 0.3 is 0 Å². The highest BCUT2D eigenvalue weighted by Crippen LogP contribution is 2.56. The van der Waals surface area contributed by atoms with Crippen molar-refractivity contribution in [1.82, 2.24) is 9.97 Å². The molecular formula is C63H42N2. The van der Waals surface area contributed by atoms with E-state index in [0.717, 1.165) is 44.4 Å². The SMILES string of the molecule is c1ccc(-c2nc(-c3cccc(-c4cccc(-c5cccc(-c6cccc(-c7cccc(C8(c9ccccc9)c9ccccc9-c9ccccc98)c7)c6)c5)c4)c3)nc3ccccc23)cc1. The molecule has 10 aromatic carbocycles. The van der Waals surface area contributed by atoms with Gasteiger partial charge in [0.1, 0.15) is 0 Å². The van der Waals surface area contributed by atoms with E-state index < -0.39 is 5.41 Å². The first kappa shape index (κ1) is 38.2. The smallest absolute Gasteiger partial charge is 0.160 e. The maximum atomic E-state index is 5.15. The van der Waals surface area contributed by atoms with Crippen LogP contribution in [0.3, 0.4) is 0 Å². The van der Waals surface area contributed by atoms with Crippen LogP contribution in [-0.2, 0) is 5.41 Å². The Hall–Kier alpha value is -8.46. The number of nitrogens with zero attached hydrogens (tertiary/aromatic N) is 2. The third-order valence-electron chi connectivity index (χ3n) is 13.1. The van der Waals surface area contributed by atoms with Crippen LogP contribution in [0.5, 0.6) is 0 Å². The molecule has 1 aliphatic rings. The third kappa shape index (κ3) is 6.67. The number of rotatable bonds is 8. The highest BCUT2D eigenvalue weighted by Gasteiger charge is 2.45. The van der Waals surface area contributed by atoms with Gasteiger partial charge in [-0.1, -0.05) is 218 Å². The van der Waals surface area contributed by atoms with Gasteiger partial charge in [0.2, 0.25) is 0 Å². The highest BCUT2D eigenvalue weighted by atomic mass is 14.9. The zero-order valence-electron chi connectivity index (χ0n) is 35.6. The Morgan fingerprint density at radius 2 is 0.646 bits per heavy atom. The number of benzene rings is 10. The van der Waals surface area contributed by atoms with Crippen LogP contribution in [0.4, 0.5) is 0 Å². The van der Waals surface area contributed by atoms with Crippen molar-refractivity contribution in [2.75, 3.05) is 0 Å². The standard InChI is InChI=1S/C63H42N2/c1-3-18-43(19-4-1)61-57-34-9-12-37-60(57)64-62(65-61)52-28-16-26-50(41-52)48-24-14-22-46(39-48)44-20-13-21-45(38-44)47-23-15-25-49(40-47)51-27-17-31-54(42-51)63(53-29-5-2-6-30-53)58-35-10-7-32-55(58)56-33-8-11-36-59(56)63/h1-42H. The minimum absolute atomic E-state index is 0.442. The molecule has 0 unspecified atom stereocenters. The van der Waals surface area contributed by atoms with Crippen molar-refractivity contribution in [3.63, 3.8) is 0 Å². The van der Waals surface area contributed by atoms with Crippen LogP contribution >= 0.6 is 0 Å². The fraction of sp³-hybridized carbons (Fsp3) is 0.0159. The molecule has 0 N–H and O–H groups in total. The summed E-state index contributed by atoms with van der Waals surface area (Å²) in [6.45, 7) is 0. The Labute approximate surface area is 379 Å². The van der Waals surface area contributed by atoms with Crippen LogP contribution in [0, 0.1) is 0 Å². The minimum Gasteiger partial charge on any atom is -0.228 e. The van der Waals surface area contributed by atoms with Crippen molar-refractivity contribution < 1.29 is 0 Å². The lowest BCUT2D eigenvalue weighted by Gasteiger charge is -2.34. The minimum atomic E-state index is -0.442. The third-order valence-corrected chi connectivity index (χ3v) is 13.1. The summed E-state index contributed by atoms with van der Waals surface area (Å²) in [5.41, 5.74) is 20.6. The topological polar surface area (TPSA) is 25.8 Å². The monoisotopic (exact) mass is 826 g/mol. The second-order valence-corrected chi connectivity index (χ2v) is 16.9. The van der Waals surface area contributed by atoms with E-state index in [1.54, 1.807) is 0 Å². The Bertz CT molecular complexity index is 3510. The molecule has 0 saturated heterocycles. The highest BCUT2D eigenvalue weighted by molar-refractivity contribution is 5.94. The number of aromatic nitrogens is 2. The average Bonchev–Trinajstić information content (AvgIpc) is 3.70. The van der Waals surface area contributed by atoms with E-state index in [2.05, 4.69) is 237 Å². The molecule has 0 aliphatic heterocycles. The summed E-state index contributed by atoms with van der Waals surface area (Å²) >= 11 is 0. The van der Waals surface area contributed by atoms with Gasteiger partial charge in [-0.05, 0) is 114 Å². The molecule has 0 spiro atoms. The summed E-state index contributed by atoms with van der Waals surface area (Å²) in [7, 11) is 0. The van der Waals surface area contributed by atoms with Crippen LogP contribution in [-0.4, -0.2) is 9.97 Å². The number of fused-ring (bicyclic) bond motifs is 4. The molecular weight excluding hydrogens is 785 g/mol. The first-order valence-corrected chi connectivity index (χ1v) is 22.3. The first-order valence-electron chi connectivity index (χ1n) is 22.3. The van der Waals surface area contributed by atoms with Crippen molar-refractivity contribution in [2.45, 2.75) is 5.41 Å². The Morgan fingerprint density at radius 1 is 0.262 bits per heavy atom. The van der Waals surface area contributed by atoms with Crippen molar-refractivity contribution in [1.29, 1.82) is 0 Å². The van der Waals surface area contributed by atoms with E-state index in [0.29, 0.717) is 5.82 Å². The van der Waals surface area contributed by atoms with Crippen LogP contribution < -0.4 is 0 Å². The second-order valence-electron chi connectivity index (χ2n) is 16.9. The quantitative estimate of drug-likeness (QED) is 0.152. The molecule has 2 heteroatoms. The molecule has 65 heavy (non-hydrogen) atoms. The normalized spacial score (nSPS) is 12.4. The number of para-hydroxylation sites is 1. The average molecular weight is 827 g/mol. The molecule has 0 saturated carbocycles. The molecule has 0 bridgehead atoms. The van der Waals surface area contributed by atoms with Crippen molar-refractivity contribution in [3.8, 4) is 78.3 Å². The maximum Gasteiger partial charge on any atom is 0.160 e. The molecule has 304 valence electrons. The van der Waals surface area contributed by atoms with Crippen LogP contribution in [0.15, 0.2) is 255 Å². The Balaban J connectivity index is 0.880. The molecule has 0 radical (unpaired) electrons. The van der Waals surface area contributed by atoms with Gasteiger partial charge in [-0.2, -0.15) is 0 Å². The van der Waals surface area contributed by atoms with Crippen LogP contribution in [0.1, 0.15) is 22.3 Å². The van der Waals surface area contributed by atoms with Crippen LogP contribution in [0.2, 0.25) is 0 Å². The largest absolute Gasteiger partial charge is 0.228 e. The molecule has 12 rings (SSSR count). The lowest BCUT2D eigenvalue weighted by atomic mass is 9.67. The van der Waals surface area contributed by atoms with Gasteiger partial charge in [0, 0.05) is 16.5 Å². The summed E-state index contributed by atoms with van der Waals surface area (Å²) in [5.74, 6) is 0.715. The van der Waals surface area contributed by atoms with E-state index >= 15 is 0 Å². The van der Waals surface area contributed by atoms with Crippen molar-refractivity contribution >= 4 is 10.9 Å². The van der Waals surface area contributed by atoms with E-state index in [4.69, 9.17) is 9.97 Å². The molecule has 0 fully saturated rings. The Kier molecular flexibility index (Phi) is 9.43. The summed E-state index contributed by atoms with van der Waals surface area (Å²) in [6.07, 6.45) is 0. The van der Waals surface area contributed by atoms with Gasteiger partial charge in [0.25, 0.3) is 0 Å². The van der Waals surface area contributed by atoms with E-state index in [1.807, 2.05) is 18.2 Å². The first-order chi connectivity index (χ1) is 32.2. The van der Waals surface area contributed by atoms with Crippen LogP contribution in [0.25, 0.3) is 89.2 Å². The maximum absolute atomic E-state index is 5.15. The summed E-state index contributed by atoms with van der Waals surface area (Å²) in [5, 5.41) is 1.04. The molecule has 2 nitrogen and oxygen atoms in total. The predicted octanol–water partition coefficient (Wildman–Crippen LogP) is 16.0. The van der Waals surface area contributed by atoms with Gasteiger partial charge in [0.15, 0.2) is 5.82 Å². The fourth-order valence-electron chi connectivity index (χ4n) is 10.1. The Morgan fingerprint density at radius 3 is 1.20 bits per heavy atom. The molecule has 1 aliphatic carbocycles. The van der Waals surface area contributed by atoms with E-state index in [9.17, 15) is 0 Å². The van der Waals surface area contributed by atoms with Gasteiger partial charge in [-0.15, -0.1) is 0 Å². The zero-order chi connectivity index (χ0) is 43.2. The molecule has 0 atom stereocenters. The lowest BCUT2D eigenvalue weighted by molar-refractivity contribution is 0.769. The zero-order valence-corrected chi connectivity index (χ0v) is 35.6. The summed E-state index contributed by atoms with van der Waals surface area (Å²) < 4.78 is 0. The fourth-order valence-corrected chi connectivity index (χ4v) is 10.1. The second kappa shape index (κ2) is 16.0.